The van der Waals surface area contributed by atoms with Crippen LogP contribution < -0.4 is 0 Å². The fourth-order valence-corrected chi connectivity index (χ4v) is 5.34. The largest absolute Gasteiger partial charge is 3.00 e. The fourth-order valence-electron chi connectivity index (χ4n) is 5.34. The number of hydrogen-bond acceptors (Lipinski definition) is 3. The van der Waals surface area contributed by atoms with Crippen LogP contribution >= 0.6 is 0 Å². The molecule has 0 saturated carbocycles. The SMILES string of the molecule is Cn1c(-c2[c-]c(-c3nc4ccccc4n3C)ccc2)nc2ccccc21.[Ir+3].[c-]1ccccc1-c1cccc(-c2[c-]cccc2)n1. The molecule has 5 nitrogen and oxygen atoms in total. The van der Waals surface area contributed by atoms with Gasteiger partial charge in [-0.1, -0.05) is 53.6 Å². The van der Waals surface area contributed by atoms with Crippen LogP contribution in [0, 0.1) is 18.2 Å². The summed E-state index contributed by atoms with van der Waals surface area (Å²) in [5.74, 6) is 1.82. The molecule has 0 aliphatic carbocycles. The van der Waals surface area contributed by atoms with Gasteiger partial charge in [0.2, 0.25) is 0 Å². The first-order valence-electron chi connectivity index (χ1n) is 14.4. The molecule has 0 radical (unpaired) electrons. The van der Waals surface area contributed by atoms with Crippen molar-refractivity contribution in [3.05, 3.63) is 152 Å². The van der Waals surface area contributed by atoms with Crippen LogP contribution in [0.15, 0.2) is 133 Å². The predicted octanol–water partition coefficient (Wildman–Crippen LogP) is 8.61. The number of hydrogen-bond donors (Lipinski definition) is 0. The van der Waals surface area contributed by atoms with Crippen molar-refractivity contribution in [2.24, 2.45) is 14.1 Å². The molecule has 8 aromatic rings. The Morgan fingerprint density at radius 2 is 0.867 bits per heavy atom. The number of fused-ring (bicyclic) bond motifs is 2. The van der Waals surface area contributed by atoms with Gasteiger partial charge in [0, 0.05) is 14.1 Å². The third-order valence-electron chi connectivity index (χ3n) is 7.57. The molecule has 8 rings (SSSR count). The van der Waals surface area contributed by atoms with Gasteiger partial charge in [-0.2, -0.15) is 0 Å². The van der Waals surface area contributed by atoms with Gasteiger partial charge >= 0.3 is 20.1 Å². The van der Waals surface area contributed by atoms with E-state index in [1.165, 1.54) is 0 Å². The van der Waals surface area contributed by atoms with Gasteiger partial charge in [-0.3, -0.25) is 9.97 Å². The molecule has 0 aliphatic heterocycles. The molecule has 0 fully saturated rings. The molecule has 5 aromatic carbocycles. The maximum absolute atomic E-state index is 4.79. The van der Waals surface area contributed by atoms with Crippen LogP contribution in [0.3, 0.4) is 0 Å². The van der Waals surface area contributed by atoms with Crippen LogP contribution in [-0.4, -0.2) is 24.1 Å². The summed E-state index contributed by atoms with van der Waals surface area (Å²) in [5.41, 5.74) is 10.0. The van der Waals surface area contributed by atoms with Crippen LogP contribution in [0.5, 0.6) is 0 Å². The molecular formula is C39H28IrN5. The third kappa shape index (κ3) is 6.12. The second-order valence-corrected chi connectivity index (χ2v) is 10.4. The van der Waals surface area contributed by atoms with Gasteiger partial charge < -0.3 is 14.1 Å². The van der Waals surface area contributed by atoms with Gasteiger partial charge in [-0.05, 0) is 35.7 Å². The van der Waals surface area contributed by atoms with E-state index in [0.29, 0.717) is 0 Å². The molecule has 3 heterocycles. The van der Waals surface area contributed by atoms with Crippen molar-refractivity contribution in [3.8, 4) is 45.3 Å². The molecule has 0 spiro atoms. The second kappa shape index (κ2) is 13.2. The number of benzene rings is 5. The minimum atomic E-state index is 0. The molecule has 0 bridgehead atoms. The van der Waals surface area contributed by atoms with Crippen molar-refractivity contribution in [2.45, 2.75) is 0 Å². The molecule has 0 atom stereocenters. The molecule has 0 amide bonds. The Morgan fingerprint density at radius 1 is 0.444 bits per heavy atom. The summed E-state index contributed by atoms with van der Waals surface area (Å²) in [6.07, 6.45) is 0. The van der Waals surface area contributed by atoms with E-state index in [0.717, 1.165) is 67.4 Å². The van der Waals surface area contributed by atoms with Crippen LogP contribution in [0.25, 0.3) is 67.4 Å². The Kier molecular flexibility index (Phi) is 8.79. The first-order chi connectivity index (χ1) is 21.7. The summed E-state index contributed by atoms with van der Waals surface area (Å²) >= 11 is 0. The number of rotatable bonds is 4. The zero-order valence-corrected chi connectivity index (χ0v) is 27.2. The quantitative estimate of drug-likeness (QED) is 0.169. The van der Waals surface area contributed by atoms with Gasteiger partial charge in [0.25, 0.3) is 0 Å². The van der Waals surface area contributed by atoms with E-state index in [1.54, 1.807) is 0 Å². The summed E-state index contributed by atoms with van der Waals surface area (Å²) in [6.45, 7) is 0. The summed E-state index contributed by atoms with van der Waals surface area (Å²) in [5, 5.41) is 0. The Balaban J connectivity index is 0.000000166. The van der Waals surface area contributed by atoms with Crippen LogP contribution in [0.2, 0.25) is 0 Å². The van der Waals surface area contributed by atoms with Gasteiger partial charge in [0.1, 0.15) is 0 Å². The van der Waals surface area contributed by atoms with E-state index in [9.17, 15) is 0 Å². The molecule has 0 unspecified atom stereocenters. The van der Waals surface area contributed by atoms with E-state index >= 15 is 0 Å². The van der Waals surface area contributed by atoms with E-state index in [-0.39, 0.29) is 20.1 Å². The number of aromatic nitrogens is 5. The van der Waals surface area contributed by atoms with Crippen molar-refractivity contribution in [2.75, 3.05) is 0 Å². The van der Waals surface area contributed by atoms with Crippen molar-refractivity contribution in [1.82, 2.24) is 24.1 Å². The zero-order chi connectivity index (χ0) is 29.9. The molecule has 3 aromatic heterocycles. The predicted molar refractivity (Wildman–Crippen MR) is 177 cm³/mol. The van der Waals surface area contributed by atoms with Gasteiger partial charge in [0.15, 0.2) is 0 Å². The fraction of sp³-hybridized carbons (Fsp3) is 0.0513. The van der Waals surface area contributed by atoms with Crippen LogP contribution in [0.4, 0.5) is 0 Å². The average Bonchev–Trinajstić information content (AvgIpc) is 3.62. The molecule has 0 aliphatic rings. The maximum atomic E-state index is 4.79. The van der Waals surface area contributed by atoms with Crippen molar-refractivity contribution < 1.29 is 20.1 Å². The number of nitrogens with zero attached hydrogens (tertiary/aromatic N) is 5. The number of imidazole rings is 2. The molecule has 45 heavy (non-hydrogen) atoms. The topological polar surface area (TPSA) is 48.5 Å². The Bertz CT molecular complexity index is 2050. The normalized spacial score (nSPS) is 10.7. The summed E-state index contributed by atoms with van der Waals surface area (Å²) in [4.78, 5) is 14.2. The summed E-state index contributed by atoms with van der Waals surface area (Å²) in [7, 11) is 4.08. The number of aryl methyl sites for hydroxylation is 2. The standard InChI is InChI=1S/C22H17N4.C17H11N.Ir/c1-25-19-12-5-3-10-17(19)23-21(25)15-8-7-9-16(14-15)22-24-18-11-4-6-13-20(18)26(22)2;1-3-8-14(9-4-1)16-12-7-13-17(18-16)15-10-5-2-6-11-15;/h3-13H,1-2H3;1-8,10,12-13H;/q-1;-2;+3. The molecule has 6 heteroatoms. The number of pyridine rings is 1. The average molecular weight is 759 g/mol. The second-order valence-electron chi connectivity index (χ2n) is 10.4. The Hall–Kier alpha value is -5.16. The van der Waals surface area contributed by atoms with E-state index in [4.69, 9.17) is 9.97 Å². The summed E-state index contributed by atoms with van der Waals surface area (Å²) in [6, 6.07) is 54.1. The first-order valence-corrected chi connectivity index (χ1v) is 14.4. The maximum Gasteiger partial charge on any atom is 3.00 e. The van der Waals surface area contributed by atoms with E-state index in [1.807, 2.05) is 135 Å². The summed E-state index contributed by atoms with van der Waals surface area (Å²) < 4.78 is 4.22. The monoisotopic (exact) mass is 759 g/mol. The minimum Gasteiger partial charge on any atom is -0.359 e. The molecule has 218 valence electrons. The van der Waals surface area contributed by atoms with E-state index in [2.05, 4.69) is 44.5 Å². The van der Waals surface area contributed by atoms with Crippen LogP contribution in [-0.2, 0) is 34.2 Å². The molecule has 0 saturated heterocycles. The van der Waals surface area contributed by atoms with E-state index < -0.39 is 0 Å². The number of para-hydroxylation sites is 4. The Morgan fingerprint density at radius 3 is 1.31 bits per heavy atom. The van der Waals surface area contributed by atoms with Crippen molar-refractivity contribution >= 4 is 22.1 Å². The van der Waals surface area contributed by atoms with Gasteiger partial charge in [-0.15, -0.1) is 96.1 Å². The molecular weight excluding hydrogens is 731 g/mol. The van der Waals surface area contributed by atoms with Gasteiger partial charge in [0.05, 0.1) is 33.7 Å². The van der Waals surface area contributed by atoms with Crippen molar-refractivity contribution in [1.29, 1.82) is 0 Å². The minimum absolute atomic E-state index is 0. The zero-order valence-electron chi connectivity index (χ0n) is 24.8. The van der Waals surface area contributed by atoms with Crippen molar-refractivity contribution in [3.63, 3.8) is 0 Å². The molecule has 0 N–H and O–H groups in total. The Labute approximate surface area is 276 Å². The first kappa shape index (κ1) is 29.9. The smallest absolute Gasteiger partial charge is 0.359 e. The van der Waals surface area contributed by atoms with Gasteiger partial charge in [-0.25, -0.2) is 0 Å². The van der Waals surface area contributed by atoms with Crippen LogP contribution in [0.1, 0.15) is 0 Å². The third-order valence-corrected chi connectivity index (χ3v) is 7.57.